The molecule has 32 heavy (non-hydrogen) atoms. The molecule has 1 aromatic carbocycles. The summed E-state index contributed by atoms with van der Waals surface area (Å²) in [7, 11) is 0. The van der Waals surface area contributed by atoms with Crippen LogP contribution in [0.25, 0.3) is 10.4 Å². The molecule has 1 aromatic heterocycles. The van der Waals surface area contributed by atoms with Gasteiger partial charge in [-0.3, -0.25) is 14.4 Å². The standard InChI is InChI=1S/C23H28N4O4S/c1-14-21(32-13-25-14)17-7-5-16(6-8-17)11-24-22(30)20-10-18(29)12-27(20)23(31)19-4-3-9-26(19)15(2)28/h5-8,13,18-20,29H,3-4,9-12H2,1-2H3,(H,24,30)/t18-,19?,20+/m1/s1. The molecule has 8 nitrogen and oxygen atoms in total. The van der Waals surface area contributed by atoms with Crippen molar-refractivity contribution in [2.75, 3.05) is 13.1 Å². The van der Waals surface area contributed by atoms with Crippen LogP contribution in [0.15, 0.2) is 29.8 Å². The number of thiazole rings is 1. The molecule has 0 saturated carbocycles. The van der Waals surface area contributed by atoms with Gasteiger partial charge in [-0.25, -0.2) is 4.98 Å². The molecule has 0 radical (unpaired) electrons. The van der Waals surface area contributed by atoms with Crippen molar-refractivity contribution in [1.29, 1.82) is 0 Å². The van der Waals surface area contributed by atoms with Gasteiger partial charge in [0.2, 0.25) is 17.7 Å². The van der Waals surface area contributed by atoms with Crippen LogP contribution in [-0.2, 0) is 20.9 Å². The van der Waals surface area contributed by atoms with E-state index in [9.17, 15) is 19.5 Å². The number of carbonyl (C=O) groups excluding carboxylic acids is 3. The summed E-state index contributed by atoms with van der Waals surface area (Å²) in [6.45, 7) is 4.43. The molecule has 3 amide bonds. The molecule has 9 heteroatoms. The van der Waals surface area contributed by atoms with Crippen LogP contribution >= 0.6 is 11.3 Å². The molecule has 0 spiro atoms. The van der Waals surface area contributed by atoms with Gasteiger partial charge in [-0.15, -0.1) is 11.3 Å². The van der Waals surface area contributed by atoms with Crippen LogP contribution in [-0.4, -0.2) is 68.9 Å². The van der Waals surface area contributed by atoms with E-state index in [1.54, 1.807) is 16.2 Å². The van der Waals surface area contributed by atoms with E-state index in [1.807, 2.05) is 36.7 Å². The topological polar surface area (TPSA) is 103 Å². The summed E-state index contributed by atoms with van der Waals surface area (Å²) < 4.78 is 0. The van der Waals surface area contributed by atoms with Gasteiger partial charge >= 0.3 is 0 Å². The molecule has 170 valence electrons. The molecule has 3 atom stereocenters. The lowest BCUT2D eigenvalue weighted by Gasteiger charge is -2.30. The van der Waals surface area contributed by atoms with Crippen molar-refractivity contribution in [2.24, 2.45) is 0 Å². The minimum Gasteiger partial charge on any atom is -0.391 e. The monoisotopic (exact) mass is 456 g/mol. The predicted molar refractivity (Wildman–Crippen MR) is 121 cm³/mol. The SMILES string of the molecule is CC(=O)N1CCCC1C(=O)N1C[C@H](O)C[C@H]1C(=O)NCc1ccc(-c2scnc2C)cc1. The van der Waals surface area contributed by atoms with Gasteiger partial charge in [0.25, 0.3) is 0 Å². The van der Waals surface area contributed by atoms with Gasteiger partial charge in [-0.05, 0) is 30.9 Å². The Bertz CT molecular complexity index is 1010. The number of aliphatic hydroxyl groups excluding tert-OH is 1. The fraction of sp³-hybridized carbons (Fsp3) is 0.478. The summed E-state index contributed by atoms with van der Waals surface area (Å²) >= 11 is 1.59. The summed E-state index contributed by atoms with van der Waals surface area (Å²) in [5.74, 6) is -0.679. The number of aliphatic hydroxyl groups is 1. The van der Waals surface area contributed by atoms with Crippen LogP contribution in [0, 0.1) is 6.92 Å². The Morgan fingerprint density at radius 1 is 1.19 bits per heavy atom. The van der Waals surface area contributed by atoms with Crippen molar-refractivity contribution in [1.82, 2.24) is 20.1 Å². The average Bonchev–Trinajstić information content (AvgIpc) is 3.51. The second-order valence-corrected chi connectivity index (χ2v) is 9.30. The van der Waals surface area contributed by atoms with E-state index in [0.29, 0.717) is 19.5 Å². The van der Waals surface area contributed by atoms with Crippen LogP contribution in [0.3, 0.4) is 0 Å². The van der Waals surface area contributed by atoms with Gasteiger partial charge in [0, 0.05) is 33.0 Å². The lowest BCUT2D eigenvalue weighted by molar-refractivity contribution is -0.146. The Hall–Kier alpha value is -2.78. The number of likely N-dealkylation sites (tertiary alicyclic amines) is 2. The van der Waals surface area contributed by atoms with Gasteiger partial charge in [0.15, 0.2) is 0 Å². The lowest BCUT2D eigenvalue weighted by Crippen LogP contribution is -2.52. The maximum Gasteiger partial charge on any atom is 0.246 e. The second kappa shape index (κ2) is 9.38. The number of benzene rings is 1. The van der Waals surface area contributed by atoms with E-state index in [4.69, 9.17) is 0 Å². The number of β-amino-alcohol motifs (C(OH)–C–C–N with tert-alkyl or cyclic N) is 1. The van der Waals surface area contributed by atoms with Crippen molar-refractivity contribution in [3.05, 3.63) is 41.0 Å². The number of hydrogen-bond donors (Lipinski definition) is 2. The first kappa shape index (κ1) is 22.4. The molecule has 1 unspecified atom stereocenters. The molecule has 2 fully saturated rings. The number of carbonyl (C=O) groups is 3. The number of rotatable bonds is 5. The van der Waals surface area contributed by atoms with Gasteiger partial charge < -0.3 is 20.2 Å². The predicted octanol–water partition coefficient (Wildman–Crippen LogP) is 1.71. The number of aromatic nitrogens is 1. The number of hydrogen-bond acceptors (Lipinski definition) is 6. The Labute approximate surface area is 191 Å². The van der Waals surface area contributed by atoms with Crippen molar-refractivity contribution in [2.45, 2.75) is 57.8 Å². The molecule has 0 bridgehead atoms. The maximum atomic E-state index is 13.1. The van der Waals surface area contributed by atoms with Crippen molar-refractivity contribution >= 4 is 29.1 Å². The van der Waals surface area contributed by atoms with Crippen LogP contribution in [0.4, 0.5) is 0 Å². The van der Waals surface area contributed by atoms with E-state index in [2.05, 4.69) is 10.3 Å². The van der Waals surface area contributed by atoms with E-state index in [0.717, 1.165) is 28.1 Å². The maximum absolute atomic E-state index is 13.1. The first-order chi connectivity index (χ1) is 15.3. The fourth-order valence-corrected chi connectivity index (χ4v) is 5.37. The highest BCUT2D eigenvalue weighted by Crippen LogP contribution is 2.28. The zero-order chi connectivity index (χ0) is 22.8. The number of amides is 3. The van der Waals surface area contributed by atoms with Gasteiger partial charge in [-0.2, -0.15) is 0 Å². The Morgan fingerprint density at radius 2 is 1.94 bits per heavy atom. The molecule has 2 aromatic rings. The smallest absolute Gasteiger partial charge is 0.246 e. The Morgan fingerprint density at radius 3 is 2.59 bits per heavy atom. The molecule has 2 aliphatic heterocycles. The third-order valence-electron chi connectivity index (χ3n) is 6.24. The van der Waals surface area contributed by atoms with E-state index < -0.39 is 18.2 Å². The Balaban J connectivity index is 1.39. The zero-order valence-corrected chi connectivity index (χ0v) is 19.1. The summed E-state index contributed by atoms with van der Waals surface area (Å²) in [5.41, 5.74) is 4.84. The fourth-order valence-electron chi connectivity index (χ4n) is 4.56. The zero-order valence-electron chi connectivity index (χ0n) is 18.3. The van der Waals surface area contributed by atoms with E-state index >= 15 is 0 Å². The number of nitrogens with zero attached hydrogens (tertiary/aromatic N) is 3. The molecule has 2 N–H and O–H groups in total. The largest absolute Gasteiger partial charge is 0.391 e. The van der Waals surface area contributed by atoms with Crippen LogP contribution in [0.1, 0.15) is 37.4 Å². The highest BCUT2D eigenvalue weighted by Gasteiger charge is 2.44. The van der Waals surface area contributed by atoms with E-state index in [1.165, 1.54) is 11.8 Å². The first-order valence-electron chi connectivity index (χ1n) is 10.9. The third-order valence-corrected chi connectivity index (χ3v) is 7.21. The highest BCUT2D eigenvalue weighted by molar-refractivity contribution is 7.13. The summed E-state index contributed by atoms with van der Waals surface area (Å²) in [6.07, 6.45) is 0.808. The van der Waals surface area contributed by atoms with Gasteiger partial charge in [0.05, 0.1) is 22.2 Å². The van der Waals surface area contributed by atoms with Crippen LogP contribution in [0.5, 0.6) is 0 Å². The summed E-state index contributed by atoms with van der Waals surface area (Å²) in [6, 6.07) is 6.66. The normalized spacial score (nSPS) is 22.9. The number of nitrogens with one attached hydrogen (secondary N) is 1. The summed E-state index contributed by atoms with van der Waals surface area (Å²) in [5, 5.41) is 13.1. The number of aryl methyl sites for hydroxylation is 1. The van der Waals surface area contributed by atoms with Crippen LogP contribution in [0.2, 0.25) is 0 Å². The lowest BCUT2D eigenvalue weighted by atomic mass is 10.1. The second-order valence-electron chi connectivity index (χ2n) is 8.45. The van der Waals surface area contributed by atoms with Gasteiger partial charge in [-0.1, -0.05) is 24.3 Å². The Kier molecular flexibility index (Phi) is 6.57. The first-order valence-corrected chi connectivity index (χ1v) is 11.8. The minimum atomic E-state index is -0.746. The molecule has 2 aliphatic rings. The average molecular weight is 457 g/mol. The highest BCUT2D eigenvalue weighted by atomic mass is 32.1. The molecule has 2 saturated heterocycles. The van der Waals surface area contributed by atoms with E-state index in [-0.39, 0.29) is 30.7 Å². The molecular formula is C23H28N4O4S. The molecule has 4 rings (SSSR count). The van der Waals surface area contributed by atoms with Crippen LogP contribution < -0.4 is 5.32 Å². The molecule has 3 heterocycles. The molecular weight excluding hydrogens is 428 g/mol. The molecule has 0 aliphatic carbocycles. The van der Waals surface area contributed by atoms with Gasteiger partial charge in [0.1, 0.15) is 12.1 Å². The minimum absolute atomic E-state index is 0.113. The quantitative estimate of drug-likeness (QED) is 0.713. The van der Waals surface area contributed by atoms with Crippen molar-refractivity contribution < 1.29 is 19.5 Å². The third kappa shape index (κ3) is 4.54. The van der Waals surface area contributed by atoms with Crippen molar-refractivity contribution in [3.63, 3.8) is 0 Å². The van der Waals surface area contributed by atoms with Crippen molar-refractivity contribution in [3.8, 4) is 10.4 Å². The summed E-state index contributed by atoms with van der Waals surface area (Å²) in [4.78, 5) is 46.3.